The second kappa shape index (κ2) is 8.52. The number of ether oxygens (including phenoxy) is 1. The van der Waals surface area contributed by atoms with E-state index in [-0.39, 0.29) is 29.7 Å². The van der Waals surface area contributed by atoms with Crippen molar-refractivity contribution in [1.82, 2.24) is 10.0 Å². The summed E-state index contributed by atoms with van der Waals surface area (Å²) in [5.41, 5.74) is 0.000342. The lowest BCUT2D eigenvalue weighted by atomic mass is 10.1. The third kappa shape index (κ3) is 4.17. The number of nitrogens with zero attached hydrogens (tertiary/aromatic N) is 3. The number of hydrazine groups is 1. The van der Waals surface area contributed by atoms with Crippen LogP contribution in [-0.4, -0.2) is 52.1 Å². The first kappa shape index (κ1) is 20.6. The Balaban J connectivity index is 1.93. The number of nitro groups is 1. The topological polar surface area (TPSA) is 127 Å². The summed E-state index contributed by atoms with van der Waals surface area (Å²) in [7, 11) is 1.44. The van der Waals surface area contributed by atoms with Gasteiger partial charge < -0.3 is 4.74 Å². The number of methoxy groups -OCH3 is 1. The molecule has 3 amide bonds. The van der Waals surface area contributed by atoms with E-state index in [0.29, 0.717) is 10.8 Å². The van der Waals surface area contributed by atoms with Gasteiger partial charge in [0, 0.05) is 36.1 Å². The van der Waals surface area contributed by atoms with E-state index < -0.39 is 35.0 Å². The Labute approximate surface area is 170 Å². The van der Waals surface area contributed by atoms with Crippen molar-refractivity contribution in [3.8, 4) is 5.75 Å². The van der Waals surface area contributed by atoms with E-state index in [9.17, 15) is 29.3 Å². The van der Waals surface area contributed by atoms with Gasteiger partial charge in [-0.2, -0.15) is 5.01 Å². The van der Waals surface area contributed by atoms with Gasteiger partial charge in [-0.1, -0.05) is 12.1 Å². The van der Waals surface area contributed by atoms with Crippen LogP contribution in [0.25, 0.3) is 0 Å². The number of imide groups is 1. The summed E-state index contributed by atoms with van der Waals surface area (Å²) in [5, 5.41) is 12.3. The van der Waals surface area contributed by atoms with Crippen LogP contribution in [0.15, 0.2) is 48.5 Å². The minimum absolute atomic E-state index is 0.00783. The van der Waals surface area contributed by atoms with Crippen molar-refractivity contribution in [1.29, 1.82) is 0 Å². The van der Waals surface area contributed by atoms with Gasteiger partial charge in [0.1, 0.15) is 12.3 Å². The van der Waals surface area contributed by atoms with Gasteiger partial charge in [-0.05, 0) is 24.3 Å². The molecule has 0 spiro atoms. The number of rotatable bonds is 7. The summed E-state index contributed by atoms with van der Waals surface area (Å²) in [6.07, 6.45) is -0.146. The molecule has 0 N–H and O–H groups in total. The third-order valence-electron chi connectivity index (χ3n) is 4.51. The fourth-order valence-electron chi connectivity index (χ4n) is 2.97. The summed E-state index contributed by atoms with van der Waals surface area (Å²) in [6, 6.07) is 10.9. The monoisotopic (exact) mass is 411 g/mol. The zero-order chi connectivity index (χ0) is 21.8. The zero-order valence-electron chi connectivity index (χ0n) is 15.9. The molecule has 1 aliphatic rings. The minimum atomic E-state index is -0.801. The maximum Gasteiger partial charge on any atom is 0.273 e. The Morgan fingerprint density at radius 1 is 1.07 bits per heavy atom. The molecule has 1 heterocycles. The molecule has 10 nitrogen and oxygen atoms in total. The molecule has 0 aliphatic carbocycles. The smallest absolute Gasteiger partial charge is 0.273 e. The maximum atomic E-state index is 13.0. The molecule has 0 unspecified atom stereocenters. The largest absolute Gasteiger partial charge is 0.497 e. The number of hydrogen-bond donors (Lipinski definition) is 0. The first-order valence-electron chi connectivity index (χ1n) is 8.91. The second-order valence-electron chi connectivity index (χ2n) is 6.42. The van der Waals surface area contributed by atoms with E-state index in [0.717, 1.165) is 17.1 Å². The molecule has 2 aromatic carbocycles. The molecule has 0 aromatic heterocycles. The Morgan fingerprint density at radius 2 is 1.70 bits per heavy atom. The lowest BCUT2D eigenvalue weighted by molar-refractivity contribution is -0.384. The molecular weight excluding hydrogens is 394 g/mol. The van der Waals surface area contributed by atoms with Gasteiger partial charge in [-0.3, -0.25) is 29.3 Å². The number of carbonyl (C=O) groups excluding carboxylic acids is 4. The average Bonchev–Trinajstić information content (AvgIpc) is 3.09. The third-order valence-corrected chi connectivity index (χ3v) is 4.51. The first-order chi connectivity index (χ1) is 14.3. The summed E-state index contributed by atoms with van der Waals surface area (Å²) in [4.78, 5) is 60.4. The van der Waals surface area contributed by atoms with E-state index in [2.05, 4.69) is 0 Å². The molecule has 10 heteroatoms. The minimum Gasteiger partial charge on any atom is -0.497 e. The molecule has 0 atom stereocenters. The van der Waals surface area contributed by atoms with E-state index in [1.165, 1.54) is 31.4 Å². The molecule has 3 rings (SSSR count). The molecule has 0 bridgehead atoms. The van der Waals surface area contributed by atoms with Crippen molar-refractivity contribution >= 4 is 29.2 Å². The van der Waals surface area contributed by atoms with Gasteiger partial charge in [0.15, 0.2) is 5.78 Å². The average molecular weight is 411 g/mol. The number of nitro benzene ring substituents is 1. The maximum absolute atomic E-state index is 13.0. The molecule has 30 heavy (non-hydrogen) atoms. The fraction of sp³-hybridized carbons (Fsp3) is 0.200. The number of amides is 3. The molecule has 1 saturated heterocycles. The number of non-ortho nitro benzene ring substituents is 1. The predicted molar refractivity (Wildman–Crippen MR) is 103 cm³/mol. The van der Waals surface area contributed by atoms with E-state index in [1.54, 1.807) is 12.1 Å². The highest BCUT2D eigenvalue weighted by Gasteiger charge is 2.38. The Kier molecular flexibility index (Phi) is 5.86. The Morgan fingerprint density at radius 3 is 2.27 bits per heavy atom. The molecule has 154 valence electrons. The molecule has 0 radical (unpaired) electrons. The normalized spacial score (nSPS) is 13.3. The zero-order valence-corrected chi connectivity index (χ0v) is 15.9. The van der Waals surface area contributed by atoms with Crippen molar-refractivity contribution < 1.29 is 28.8 Å². The SMILES string of the molecule is COc1cccc(C(=O)CN(C(=O)c2ccc([N+](=O)[O-])cc2)N2C(=O)CCC2=O)c1. The highest BCUT2D eigenvalue weighted by atomic mass is 16.6. The van der Waals surface area contributed by atoms with Crippen LogP contribution in [-0.2, 0) is 9.59 Å². The molecule has 0 saturated carbocycles. The van der Waals surface area contributed by atoms with Crippen molar-refractivity contribution in [2.24, 2.45) is 0 Å². The van der Waals surface area contributed by atoms with Crippen LogP contribution >= 0.6 is 0 Å². The number of benzene rings is 2. The van der Waals surface area contributed by atoms with Gasteiger partial charge in [-0.25, -0.2) is 5.01 Å². The van der Waals surface area contributed by atoms with Crippen LogP contribution in [0.4, 0.5) is 5.69 Å². The quantitative estimate of drug-likeness (QED) is 0.295. The van der Waals surface area contributed by atoms with Gasteiger partial charge in [0.2, 0.25) is 11.8 Å². The number of carbonyl (C=O) groups is 4. The fourth-order valence-corrected chi connectivity index (χ4v) is 2.97. The Bertz CT molecular complexity index is 1020. The van der Waals surface area contributed by atoms with E-state index in [1.807, 2.05) is 0 Å². The standard InChI is InChI=1S/C20H17N3O7/c1-30-16-4-2-3-14(11-16)17(24)12-21(22-18(25)9-10-19(22)26)20(27)13-5-7-15(8-6-13)23(28)29/h2-8,11H,9-10,12H2,1H3. The molecule has 1 fully saturated rings. The van der Waals surface area contributed by atoms with E-state index >= 15 is 0 Å². The highest BCUT2D eigenvalue weighted by Crippen LogP contribution is 2.21. The summed E-state index contributed by atoms with van der Waals surface area (Å²) in [6.45, 7) is -0.569. The summed E-state index contributed by atoms with van der Waals surface area (Å²) >= 11 is 0. The van der Waals surface area contributed by atoms with Crippen LogP contribution in [0.5, 0.6) is 5.75 Å². The van der Waals surface area contributed by atoms with Gasteiger partial charge in [0.05, 0.1) is 12.0 Å². The van der Waals surface area contributed by atoms with E-state index in [4.69, 9.17) is 4.74 Å². The van der Waals surface area contributed by atoms with Crippen molar-refractivity contribution in [3.05, 3.63) is 69.8 Å². The van der Waals surface area contributed by atoms with Gasteiger partial charge in [0.25, 0.3) is 11.6 Å². The summed E-state index contributed by atoms with van der Waals surface area (Å²) in [5.74, 6) is -2.09. The molecular formula is C20H17N3O7. The molecule has 2 aromatic rings. The lowest BCUT2D eigenvalue weighted by Crippen LogP contribution is -2.51. The van der Waals surface area contributed by atoms with Crippen LogP contribution in [0, 0.1) is 10.1 Å². The number of ketones is 1. The number of hydrogen-bond acceptors (Lipinski definition) is 7. The second-order valence-corrected chi connectivity index (χ2v) is 6.42. The van der Waals surface area contributed by atoms with Gasteiger partial charge >= 0.3 is 0 Å². The van der Waals surface area contributed by atoms with Crippen LogP contribution in [0.1, 0.15) is 33.6 Å². The first-order valence-corrected chi connectivity index (χ1v) is 8.91. The predicted octanol–water partition coefficient (Wildman–Crippen LogP) is 1.99. The van der Waals surface area contributed by atoms with Crippen LogP contribution in [0.3, 0.4) is 0 Å². The lowest BCUT2D eigenvalue weighted by Gasteiger charge is -2.29. The number of Topliss-reactive ketones (excluding diaryl/α,β-unsaturated/α-hetero) is 1. The Hall–Kier alpha value is -4.08. The van der Waals surface area contributed by atoms with Crippen molar-refractivity contribution in [2.45, 2.75) is 12.8 Å². The van der Waals surface area contributed by atoms with Crippen LogP contribution < -0.4 is 4.74 Å². The van der Waals surface area contributed by atoms with Crippen molar-refractivity contribution in [2.75, 3.05) is 13.7 Å². The molecule has 1 aliphatic heterocycles. The summed E-state index contributed by atoms with van der Waals surface area (Å²) < 4.78 is 5.08. The van der Waals surface area contributed by atoms with Crippen LogP contribution in [0.2, 0.25) is 0 Å². The van der Waals surface area contributed by atoms with Gasteiger partial charge in [-0.15, -0.1) is 0 Å². The van der Waals surface area contributed by atoms with Crippen molar-refractivity contribution in [3.63, 3.8) is 0 Å². The highest BCUT2D eigenvalue weighted by molar-refractivity contribution is 6.08.